The number of carbonyl (C=O) groups is 1. The molecule has 3 heterocycles. The highest BCUT2D eigenvalue weighted by atomic mass is 19.1. The summed E-state index contributed by atoms with van der Waals surface area (Å²) in [7, 11) is 1.72. The Morgan fingerprint density at radius 2 is 1.78 bits per heavy atom. The molecule has 0 spiro atoms. The molecule has 5 aromatic rings. The average Bonchev–Trinajstić information content (AvgIpc) is 3.10. The minimum atomic E-state index is -0.821. The zero-order valence-corrected chi connectivity index (χ0v) is 26.7. The number of anilines is 1. The fourth-order valence-corrected chi connectivity index (χ4v) is 5.23. The molecule has 6 rings (SSSR count). The molecule has 1 aliphatic rings. The first-order valence-corrected chi connectivity index (χ1v) is 15.6. The van der Waals surface area contributed by atoms with E-state index in [0.717, 1.165) is 18.9 Å². The lowest BCUT2D eigenvalue weighted by Crippen LogP contribution is -2.29. The summed E-state index contributed by atoms with van der Waals surface area (Å²) in [6.07, 6.45) is 6.30. The molecule has 49 heavy (non-hydrogen) atoms. The van der Waals surface area contributed by atoms with Gasteiger partial charge in [0.1, 0.15) is 36.1 Å². The molecule has 0 radical (unpaired) electrons. The van der Waals surface area contributed by atoms with Gasteiger partial charge in [0.2, 0.25) is 5.75 Å². The zero-order chi connectivity index (χ0) is 34.3. The van der Waals surface area contributed by atoms with Gasteiger partial charge in [0.25, 0.3) is 11.5 Å². The van der Waals surface area contributed by atoms with E-state index in [9.17, 15) is 14.0 Å². The van der Waals surface area contributed by atoms with Crippen LogP contribution in [0, 0.1) is 11.6 Å². The fraction of sp³-hybridized carbons (Fsp3) is 0.222. The van der Waals surface area contributed by atoms with Gasteiger partial charge >= 0.3 is 0 Å². The van der Waals surface area contributed by atoms with Crippen molar-refractivity contribution in [1.29, 1.82) is 0 Å². The number of unbranched alkanes of at least 4 members (excludes halogenated alkanes) is 1. The van der Waals surface area contributed by atoms with E-state index < -0.39 is 23.1 Å². The number of halogens is 2. The Hall–Kier alpha value is -5.98. The highest BCUT2D eigenvalue weighted by molar-refractivity contribution is 6.06. The van der Waals surface area contributed by atoms with Gasteiger partial charge in [-0.25, -0.2) is 8.78 Å². The second kappa shape index (κ2) is 14.8. The van der Waals surface area contributed by atoms with Crippen LogP contribution in [0.25, 0.3) is 16.6 Å². The molecular weight excluding hydrogens is 638 g/mol. The van der Waals surface area contributed by atoms with Crippen LogP contribution < -0.4 is 34.6 Å². The molecule has 1 amide bonds. The fourth-order valence-electron chi connectivity index (χ4n) is 5.23. The number of ether oxygens (including phenoxy) is 5. The molecular formula is C36H32F2N4O7. The SMILES string of the molecule is CCOc1ccn(-c2ccc(F)cc2)c(=O)c1C(=O)Nc1ccc(Oc2ccnc3cc(OCCCC=NC)c4c(c23)OCCO4)c(F)c1. The number of nitrogens with zero attached hydrogens (tertiary/aromatic N) is 3. The summed E-state index contributed by atoms with van der Waals surface area (Å²) in [6, 6.07) is 13.8. The summed E-state index contributed by atoms with van der Waals surface area (Å²) in [5.41, 5.74) is -0.0959. The smallest absolute Gasteiger partial charge is 0.271 e. The Labute approximate surface area is 279 Å². The molecule has 0 atom stereocenters. The van der Waals surface area contributed by atoms with Gasteiger partial charge in [-0.3, -0.25) is 19.1 Å². The number of pyridine rings is 2. The Balaban J connectivity index is 1.26. The molecule has 0 aliphatic carbocycles. The van der Waals surface area contributed by atoms with Crippen molar-refractivity contribution in [2.24, 2.45) is 4.99 Å². The van der Waals surface area contributed by atoms with E-state index in [1.807, 2.05) is 6.21 Å². The van der Waals surface area contributed by atoms with E-state index in [-0.39, 0.29) is 41.7 Å². The van der Waals surface area contributed by atoms with Crippen molar-refractivity contribution in [3.05, 3.63) is 101 Å². The lowest BCUT2D eigenvalue weighted by Gasteiger charge is -2.23. The summed E-state index contributed by atoms with van der Waals surface area (Å²) < 4.78 is 59.6. The number of fused-ring (bicyclic) bond motifs is 3. The normalized spacial score (nSPS) is 12.2. The molecule has 0 saturated heterocycles. The third-order valence-electron chi connectivity index (χ3n) is 7.46. The van der Waals surface area contributed by atoms with Crippen LogP contribution in [0.2, 0.25) is 0 Å². The van der Waals surface area contributed by atoms with Crippen molar-refractivity contribution < 1.29 is 37.3 Å². The van der Waals surface area contributed by atoms with Gasteiger partial charge in [0.15, 0.2) is 23.1 Å². The van der Waals surface area contributed by atoms with Gasteiger partial charge in [-0.2, -0.15) is 0 Å². The van der Waals surface area contributed by atoms with Crippen LogP contribution in [0.4, 0.5) is 14.5 Å². The van der Waals surface area contributed by atoms with Crippen LogP contribution in [0.15, 0.2) is 82.8 Å². The highest BCUT2D eigenvalue weighted by Gasteiger charge is 2.25. The minimum absolute atomic E-state index is 0.0439. The Morgan fingerprint density at radius 1 is 0.980 bits per heavy atom. The van der Waals surface area contributed by atoms with E-state index in [2.05, 4.69) is 15.3 Å². The first-order valence-electron chi connectivity index (χ1n) is 15.6. The van der Waals surface area contributed by atoms with Crippen molar-refractivity contribution in [2.45, 2.75) is 19.8 Å². The van der Waals surface area contributed by atoms with Gasteiger partial charge in [-0.05, 0) is 74.5 Å². The Kier molecular flexibility index (Phi) is 9.98. The molecule has 0 fully saturated rings. The monoisotopic (exact) mass is 670 g/mol. The maximum Gasteiger partial charge on any atom is 0.271 e. The molecule has 1 N–H and O–H groups in total. The van der Waals surface area contributed by atoms with Crippen molar-refractivity contribution in [2.75, 3.05) is 38.8 Å². The third-order valence-corrected chi connectivity index (χ3v) is 7.46. The third kappa shape index (κ3) is 7.15. The Bertz CT molecular complexity index is 2080. The quantitative estimate of drug-likeness (QED) is 0.114. The van der Waals surface area contributed by atoms with Crippen LogP contribution in [-0.2, 0) is 0 Å². The number of aromatic nitrogens is 2. The largest absolute Gasteiger partial charge is 0.493 e. The van der Waals surface area contributed by atoms with E-state index in [0.29, 0.717) is 47.1 Å². The van der Waals surface area contributed by atoms with Crippen LogP contribution in [0.1, 0.15) is 30.1 Å². The summed E-state index contributed by atoms with van der Waals surface area (Å²) in [6.45, 7) is 2.94. The number of benzene rings is 3. The summed E-state index contributed by atoms with van der Waals surface area (Å²) in [4.78, 5) is 35.3. The molecule has 252 valence electrons. The minimum Gasteiger partial charge on any atom is -0.493 e. The number of rotatable bonds is 12. The molecule has 0 unspecified atom stereocenters. The second-order valence-electron chi connectivity index (χ2n) is 10.7. The predicted octanol–water partition coefficient (Wildman–Crippen LogP) is 6.74. The second-order valence-corrected chi connectivity index (χ2v) is 10.7. The molecule has 0 bridgehead atoms. The van der Waals surface area contributed by atoms with Gasteiger partial charge < -0.3 is 34.0 Å². The summed E-state index contributed by atoms with van der Waals surface area (Å²) in [5.74, 6) is -0.653. The predicted molar refractivity (Wildman–Crippen MR) is 179 cm³/mol. The summed E-state index contributed by atoms with van der Waals surface area (Å²) in [5, 5.41) is 3.04. The van der Waals surface area contributed by atoms with Crippen LogP contribution in [0.3, 0.4) is 0 Å². The maximum absolute atomic E-state index is 15.5. The van der Waals surface area contributed by atoms with Crippen LogP contribution in [0.5, 0.6) is 34.5 Å². The highest BCUT2D eigenvalue weighted by Crippen LogP contribution is 2.48. The maximum atomic E-state index is 15.5. The molecule has 1 aliphatic heterocycles. The van der Waals surface area contributed by atoms with E-state index in [1.165, 1.54) is 59.4 Å². The van der Waals surface area contributed by atoms with Crippen molar-refractivity contribution >= 4 is 28.7 Å². The standard InChI is InChI=1S/C36H32F2N4O7/c1-3-45-28-13-16-42(24-9-6-22(37)7-10-24)36(44)32(28)35(43)41-23-8-11-27(25(38)20-23)49-29-12-15-40-26-21-30(46-17-5-4-14-39-2)33-34(31(26)29)48-19-18-47-33/h6-16,20-21H,3-5,17-19H2,1-2H3,(H,41,43). The molecule has 3 aromatic carbocycles. The number of hydrogen-bond acceptors (Lipinski definition) is 9. The van der Waals surface area contributed by atoms with E-state index in [4.69, 9.17) is 23.7 Å². The number of hydrogen-bond donors (Lipinski definition) is 1. The number of amides is 1. The van der Waals surface area contributed by atoms with Gasteiger partial charge in [0.05, 0.1) is 24.1 Å². The van der Waals surface area contributed by atoms with Crippen molar-refractivity contribution in [3.8, 4) is 40.2 Å². The average molecular weight is 671 g/mol. The van der Waals surface area contributed by atoms with Crippen LogP contribution >= 0.6 is 0 Å². The lowest BCUT2D eigenvalue weighted by atomic mass is 10.1. The molecule has 13 heteroatoms. The molecule has 0 saturated carbocycles. The first kappa shape index (κ1) is 32.9. The van der Waals surface area contributed by atoms with Gasteiger partial charge in [0, 0.05) is 42.9 Å². The molecule has 2 aromatic heterocycles. The van der Waals surface area contributed by atoms with Crippen molar-refractivity contribution in [3.63, 3.8) is 0 Å². The van der Waals surface area contributed by atoms with E-state index in [1.54, 1.807) is 26.1 Å². The summed E-state index contributed by atoms with van der Waals surface area (Å²) >= 11 is 0. The lowest BCUT2D eigenvalue weighted by molar-refractivity contribution is 0.102. The topological polar surface area (TPSA) is 123 Å². The Morgan fingerprint density at radius 3 is 2.53 bits per heavy atom. The molecule has 11 nitrogen and oxygen atoms in total. The first-order chi connectivity index (χ1) is 23.9. The van der Waals surface area contributed by atoms with Gasteiger partial charge in [-0.15, -0.1) is 0 Å². The number of aliphatic imine (C=N–C) groups is 1. The number of nitrogens with one attached hydrogen (secondary N) is 1. The van der Waals surface area contributed by atoms with Crippen molar-refractivity contribution in [1.82, 2.24) is 9.55 Å². The van der Waals surface area contributed by atoms with E-state index >= 15 is 4.39 Å². The number of carbonyl (C=O) groups excluding carboxylic acids is 1. The van der Waals surface area contributed by atoms with Crippen LogP contribution in [-0.4, -0.2) is 55.1 Å². The zero-order valence-electron chi connectivity index (χ0n) is 26.7. The van der Waals surface area contributed by atoms with Gasteiger partial charge in [-0.1, -0.05) is 0 Å².